The van der Waals surface area contributed by atoms with E-state index < -0.39 is 5.97 Å². The van der Waals surface area contributed by atoms with Crippen LogP contribution in [0.2, 0.25) is 9.36 Å². The molecule has 0 atom stereocenters. The minimum absolute atomic E-state index is 0.311. The lowest BCUT2D eigenvalue weighted by Crippen LogP contribution is -2.11. The van der Waals surface area contributed by atoms with E-state index in [0.717, 1.165) is 11.3 Å². The normalized spacial score (nSPS) is 10.8. The highest BCUT2D eigenvalue weighted by atomic mass is 35.5. The molecule has 0 spiro atoms. The molecule has 5 nitrogen and oxygen atoms in total. The summed E-state index contributed by atoms with van der Waals surface area (Å²) >= 11 is 13.1. The van der Waals surface area contributed by atoms with Gasteiger partial charge in [0.1, 0.15) is 0 Å². The van der Waals surface area contributed by atoms with Gasteiger partial charge in [-0.1, -0.05) is 23.2 Å². The van der Waals surface area contributed by atoms with Crippen LogP contribution < -0.4 is 9.47 Å². The summed E-state index contributed by atoms with van der Waals surface area (Å²) in [4.78, 5) is 24.1. The van der Waals surface area contributed by atoms with Crippen molar-refractivity contribution >= 4 is 52.4 Å². The van der Waals surface area contributed by atoms with Crippen molar-refractivity contribution in [2.75, 3.05) is 20.3 Å². The predicted molar refractivity (Wildman–Crippen MR) is 103 cm³/mol. The van der Waals surface area contributed by atoms with Crippen LogP contribution in [-0.4, -0.2) is 32.1 Å². The van der Waals surface area contributed by atoms with Gasteiger partial charge in [0.05, 0.1) is 28.0 Å². The van der Waals surface area contributed by atoms with Crippen molar-refractivity contribution < 1.29 is 23.8 Å². The van der Waals surface area contributed by atoms with Crippen LogP contribution in [0.5, 0.6) is 11.5 Å². The number of hydrogen-bond donors (Lipinski definition) is 0. The molecule has 1 aromatic heterocycles. The number of carbonyl (C=O) groups is 2. The van der Waals surface area contributed by atoms with E-state index in [1.165, 1.54) is 19.3 Å². The number of benzene rings is 1. The maximum atomic E-state index is 11.9. The smallest absolute Gasteiger partial charge is 0.331 e. The topological polar surface area (TPSA) is 61.8 Å². The van der Waals surface area contributed by atoms with E-state index in [4.69, 9.17) is 37.4 Å². The third kappa shape index (κ3) is 5.49. The second-order valence-electron chi connectivity index (χ2n) is 4.94. The number of ketones is 1. The Hall–Kier alpha value is -2.02. The Kier molecular flexibility index (Phi) is 7.50. The van der Waals surface area contributed by atoms with Gasteiger partial charge in [0.15, 0.2) is 18.1 Å². The van der Waals surface area contributed by atoms with Gasteiger partial charge in [-0.25, -0.2) is 4.79 Å². The molecule has 26 heavy (non-hydrogen) atoms. The van der Waals surface area contributed by atoms with E-state index in [1.54, 1.807) is 24.3 Å². The van der Waals surface area contributed by atoms with E-state index in [2.05, 4.69) is 0 Å². The average Bonchev–Trinajstić information content (AvgIpc) is 3.06. The summed E-state index contributed by atoms with van der Waals surface area (Å²) in [5.74, 6) is -0.0619. The highest BCUT2D eigenvalue weighted by Crippen LogP contribution is 2.36. The van der Waals surface area contributed by atoms with Gasteiger partial charge >= 0.3 is 5.97 Å². The molecule has 8 heteroatoms. The third-order valence-electron chi connectivity index (χ3n) is 3.15. The van der Waals surface area contributed by atoms with E-state index in [9.17, 15) is 9.59 Å². The summed E-state index contributed by atoms with van der Waals surface area (Å²) in [7, 11) is 1.50. The van der Waals surface area contributed by atoms with Crippen molar-refractivity contribution in [1.82, 2.24) is 0 Å². The number of halogens is 2. The summed E-state index contributed by atoms with van der Waals surface area (Å²) < 4.78 is 16.1. The number of methoxy groups -OCH3 is 1. The summed E-state index contributed by atoms with van der Waals surface area (Å²) in [6.07, 6.45) is 2.72. The molecule has 0 unspecified atom stereocenters. The van der Waals surface area contributed by atoms with E-state index in [1.807, 2.05) is 6.92 Å². The molecule has 0 N–H and O–H groups in total. The summed E-state index contributed by atoms with van der Waals surface area (Å²) in [5, 5.41) is 0.365. The Morgan fingerprint density at radius 3 is 2.62 bits per heavy atom. The van der Waals surface area contributed by atoms with E-state index in [-0.39, 0.29) is 12.4 Å². The summed E-state index contributed by atoms with van der Waals surface area (Å²) in [5.41, 5.74) is 0.628. The molecule has 2 rings (SSSR count). The Morgan fingerprint density at radius 1 is 1.23 bits per heavy atom. The number of Topliss-reactive ketones (excluding diaryl/α,β-unsaturated/α-hetero) is 1. The molecule has 1 aromatic carbocycles. The zero-order valence-corrected chi connectivity index (χ0v) is 16.4. The molecule has 0 amide bonds. The van der Waals surface area contributed by atoms with Gasteiger partial charge in [-0.05, 0) is 42.8 Å². The first-order valence-electron chi connectivity index (χ1n) is 7.58. The molecule has 2 aromatic rings. The van der Waals surface area contributed by atoms with Crippen LogP contribution in [0.3, 0.4) is 0 Å². The Morgan fingerprint density at radius 2 is 2.00 bits per heavy atom. The third-order valence-corrected chi connectivity index (χ3v) is 4.70. The van der Waals surface area contributed by atoms with E-state index in [0.29, 0.717) is 37.9 Å². The van der Waals surface area contributed by atoms with Gasteiger partial charge in [0.2, 0.25) is 5.78 Å². The quantitative estimate of drug-likeness (QED) is 0.349. The van der Waals surface area contributed by atoms with Crippen LogP contribution in [0.1, 0.15) is 22.2 Å². The Bertz CT molecular complexity index is 829. The van der Waals surface area contributed by atoms with Gasteiger partial charge in [-0.15, -0.1) is 11.3 Å². The fourth-order valence-electron chi connectivity index (χ4n) is 2.00. The first kappa shape index (κ1) is 20.3. The largest absolute Gasteiger partial charge is 0.493 e. The molecule has 0 aliphatic rings. The number of rotatable bonds is 8. The van der Waals surface area contributed by atoms with Crippen LogP contribution in [-0.2, 0) is 9.53 Å². The lowest BCUT2D eigenvalue weighted by atomic mass is 10.2. The highest BCUT2D eigenvalue weighted by Gasteiger charge is 2.12. The monoisotopic (exact) mass is 414 g/mol. The molecule has 0 aliphatic carbocycles. The zero-order valence-electron chi connectivity index (χ0n) is 14.1. The molecule has 0 radical (unpaired) electrons. The Labute approximate surface area is 165 Å². The number of carbonyl (C=O) groups excluding carboxylic acids is 2. The first-order valence-corrected chi connectivity index (χ1v) is 9.15. The molecule has 0 fully saturated rings. The number of ether oxygens (including phenoxy) is 3. The van der Waals surface area contributed by atoms with Crippen molar-refractivity contribution in [2.45, 2.75) is 6.92 Å². The summed E-state index contributed by atoms with van der Waals surface area (Å²) in [6.45, 7) is 1.93. The van der Waals surface area contributed by atoms with Gasteiger partial charge < -0.3 is 14.2 Å². The second kappa shape index (κ2) is 9.62. The number of esters is 1. The predicted octanol–water partition coefficient (Wildman–Crippen LogP) is 4.90. The van der Waals surface area contributed by atoms with Gasteiger partial charge in [-0.3, -0.25) is 4.79 Å². The Balaban J connectivity index is 1.99. The summed E-state index contributed by atoms with van der Waals surface area (Å²) in [6, 6.07) is 6.52. The SMILES string of the molecule is CCOc1c(Cl)cc(/C=C/C(=O)OCC(=O)c2ccc(Cl)s2)cc1OC. The average molecular weight is 415 g/mol. The van der Waals surface area contributed by atoms with Gasteiger partial charge in [0.25, 0.3) is 0 Å². The molecule has 0 bridgehead atoms. The molecule has 0 aliphatic heterocycles. The molecular formula is C18H16Cl2O5S. The fraction of sp³-hybridized carbons (Fsp3) is 0.222. The zero-order chi connectivity index (χ0) is 19.1. The van der Waals surface area contributed by atoms with Crippen LogP contribution in [0.4, 0.5) is 0 Å². The van der Waals surface area contributed by atoms with Gasteiger partial charge in [-0.2, -0.15) is 0 Å². The lowest BCUT2D eigenvalue weighted by Gasteiger charge is -2.11. The van der Waals surface area contributed by atoms with Crippen molar-refractivity contribution in [3.05, 3.63) is 50.1 Å². The maximum absolute atomic E-state index is 11.9. The lowest BCUT2D eigenvalue weighted by molar-refractivity contribution is -0.136. The maximum Gasteiger partial charge on any atom is 0.331 e. The fourth-order valence-corrected chi connectivity index (χ4v) is 3.25. The molecule has 1 heterocycles. The van der Waals surface area contributed by atoms with E-state index >= 15 is 0 Å². The molecule has 138 valence electrons. The standard InChI is InChI=1S/C18H16Cl2O5S/c1-3-24-18-12(19)8-11(9-14(18)23-2)4-7-17(22)25-10-13(21)15-5-6-16(20)26-15/h4-9H,3,10H2,1-2H3/b7-4+. The van der Waals surface area contributed by atoms with Gasteiger partial charge in [0, 0.05) is 6.08 Å². The number of thiophene rings is 1. The van der Waals surface area contributed by atoms with Crippen LogP contribution in [0.15, 0.2) is 30.3 Å². The molecule has 0 saturated heterocycles. The molecular weight excluding hydrogens is 399 g/mol. The highest BCUT2D eigenvalue weighted by molar-refractivity contribution is 7.18. The van der Waals surface area contributed by atoms with Crippen molar-refractivity contribution in [3.8, 4) is 11.5 Å². The number of hydrogen-bond acceptors (Lipinski definition) is 6. The van der Waals surface area contributed by atoms with Crippen LogP contribution >= 0.6 is 34.5 Å². The molecule has 0 saturated carbocycles. The minimum atomic E-state index is -0.648. The minimum Gasteiger partial charge on any atom is -0.493 e. The van der Waals surface area contributed by atoms with Crippen LogP contribution in [0.25, 0.3) is 6.08 Å². The first-order chi connectivity index (χ1) is 12.4. The van der Waals surface area contributed by atoms with Crippen LogP contribution in [0, 0.1) is 0 Å². The van der Waals surface area contributed by atoms with Crippen molar-refractivity contribution in [1.29, 1.82) is 0 Å². The van der Waals surface area contributed by atoms with Crippen molar-refractivity contribution in [3.63, 3.8) is 0 Å². The second-order valence-corrected chi connectivity index (χ2v) is 7.06. The van der Waals surface area contributed by atoms with Crippen molar-refractivity contribution in [2.24, 2.45) is 0 Å².